The number of rotatable bonds is 12. The fraction of sp³-hybridized carbons (Fsp3) is 0.208. The molecule has 39 heavy (non-hydrogen) atoms. The number of carboxylic acid groups (broad SMARTS) is 1. The van der Waals surface area contributed by atoms with E-state index in [2.05, 4.69) is 41.8 Å². The Hall–Kier alpha value is -5.47. The number of aliphatic carboxylic acids is 1. The Bertz CT molecular complexity index is 1280. The molecule has 0 aliphatic rings. The van der Waals surface area contributed by atoms with Crippen LogP contribution in [-0.4, -0.2) is 69.3 Å². The number of H-pyrrole nitrogens is 1. The third-order valence-electron chi connectivity index (χ3n) is 4.94. The van der Waals surface area contributed by atoms with Crippen molar-refractivity contribution in [2.45, 2.75) is 19.2 Å². The number of nitrogens with one attached hydrogen (secondary N) is 6. The molecule has 0 aliphatic heterocycles. The fourth-order valence-electron chi connectivity index (χ4n) is 2.97. The van der Waals surface area contributed by atoms with Crippen LogP contribution in [0.15, 0.2) is 60.7 Å². The van der Waals surface area contributed by atoms with Gasteiger partial charge in [0.05, 0.1) is 6.54 Å². The van der Waals surface area contributed by atoms with Crippen molar-refractivity contribution >= 4 is 35.9 Å². The number of aromatic nitrogens is 3. The van der Waals surface area contributed by atoms with Crippen molar-refractivity contribution < 1.29 is 33.8 Å². The number of carbonyl (C=O) groups excluding carboxylic acids is 4. The minimum atomic E-state index is -1.47. The van der Waals surface area contributed by atoms with Crippen molar-refractivity contribution in [1.29, 1.82) is 0 Å². The summed E-state index contributed by atoms with van der Waals surface area (Å²) >= 11 is 0. The zero-order chi connectivity index (χ0) is 28.0. The number of amides is 5. The van der Waals surface area contributed by atoms with E-state index in [1.54, 1.807) is 30.3 Å². The molecule has 3 aromatic rings. The lowest BCUT2D eigenvalue weighted by molar-refractivity contribution is -0.139. The molecule has 0 fully saturated rings. The van der Waals surface area contributed by atoms with Gasteiger partial charge in [0.2, 0.25) is 11.7 Å². The molecule has 0 aliphatic carbocycles. The molecule has 15 heteroatoms. The van der Waals surface area contributed by atoms with Gasteiger partial charge < -0.3 is 31.1 Å². The van der Waals surface area contributed by atoms with Crippen LogP contribution in [0.2, 0.25) is 0 Å². The first kappa shape index (κ1) is 28.1. The Kier molecular flexibility index (Phi) is 10.3. The fourth-order valence-corrected chi connectivity index (χ4v) is 2.97. The molecule has 0 spiro atoms. The number of hydrogen-bond donors (Lipinski definition) is 7. The third kappa shape index (κ3) is 9.83. The van der Waals surface area contributed by atoms with E-state index in [4.69, 9.17) is 4.74 Å². The highest BCUT2D eigenvalue weighted by molar-refractivity contribution is 5.94. The summed E-state index contributed by atoms with van der Waals surface area (Å²) in [7, 11) is 0. The van der Waals surface area contributed by atoms with Crippen LogP contribution >= 0.6 is 0 Å². The van der Waals surface area contributed by atoms with E-state index < -0.39 is 49.0 Å². The van der Waals surface area contributed by atoms with E-state index in [1.165, 1.54) is 0 Å². The molecule has 0 saturated heterocycles. The second kappa shape index (κ2) is 14.3. The minimum absolute atomic E-state index is 0.0609. The summed E-state index contributed by atoms with van der Waals surface area (Å²) < 4.78 is 4.97. The van der Waals surface area contributed by atoms with Crippen LogP contribution in [0.3, 0.4) is 0 Å². The summed E-state index contributed by atoms with van der Waals surface area (Å²) in [6, 6.07) is 15.9. The summed E-state index contributed by atoms with van der Waals surface area (Å²) in [5, 5.41) is 27.0. The summed E-state index contributed by atoms with van der Waals surface area (Å²) in [4.78, 5) is 63.4. The van der Waals surface area contributed by atoms with Crippen LogP contribution in [0.4, 0.5) is 15.5 Å². The molecule has 1 aromatic heterocycles. The predicted octanol–water partition coefficient (Wildman–Crippen LogP) is 0.352. The number of ether oxygens (including phenoxy) is 1. The number of urea groups is 1. The first-order valence-corrected chi connectivity index (χ1v) is 11.6. The van der Waals surface area contributed by atoms with E-state index >= 15 is 0 Å². The lowest BCUT2D eigenvalue weighted by atomic mass is 10.2. The largest absolute Gasteiger partial charge is 0.480 e. The summed E-state index contributed by atoms with van der Waals surface area (Å²) in [5.41, 5.74) is 1.60. The number of carboxylic acids is 1. The highest BCUT2D eigenvalue weighted by Crippen LogP contribution is 2.02. The number of nitrogens with zero attached hydrogens (tertiary/aromatic N) is 2. The summed E-state index contributed by atoms with van der Waals surface area (Å²) in [5.74, 6) is -3.36. The van der Waals surface area contributed by atoms with Crippen LogP contribution < -0.4 is 26.6 Å². The Morgan fingerprint density at radius 3 is 2.23 bits per heavy atom. The monoisotopic (exact) mass is 538 g/mol. The van der Waals surface area contributed by atoms with Crippen LogP contribution in [0, 0.1) is 0 Å². The molecule has 15 nitrogen and oxygen atoms in total. The quantitative estimate of drug-likeness (QED) is 0.169. The SMILES string of the molecule is O=C(CNC(=O)c1nc(NC(=O)NCc2ccccc2)n[nH]1)NC[C@H](NC(=O)OCc1ccccc1)C(=O)O. The van der Waals surface area contributed by atoms with Crippen LogP contribution in [0.5, 0.6) is 0 Å². The summed E-state index contributed by atoms with van der Waals surface area (Å²) in [6.45, 7) is -0.773. The van der Waals surface area contributed by atoms with Crippen LogP contribution in [0.1, 0.15) is 21.7 Å². The Morgan fingerprint density at radius 1 is 0.897 bits per heavy atom. The van der Waals surface area contributed by atoms with E-state index in [-0.39, 0.29) is 24.9 Å². The molecule has 2 aromatic carbocycles. The van der Waals surface area contributed by atoms with Crippen molar-refractivity contribution in [3.63, 3.8) is 0 Å². The Morgan fingerprint density at radius 2 is 1.56 bits per heavy atom. The van der Waals surface area contributed by atoms with Gasteiger partial charge in [-0.2, -0.15) is 4.98 Å². The van der Waals surface area contributed by atoms with Crippen molar-refractivity contribution in [2.24, 2.45) is 0 Å². The molecule has 0 saturated carbocycles. The number of hydrogen-bond acceptors (Lipinski definition) is 8. The van der Waals surface area contributed by atoms with Gasteiger partial charge in [-0.15, -0.1) is 5.10 Å². The number of aromatic amines is 1. The van der Waals surface area contributed by atoms with Crippen molar-refractivity contribution in [2.75, 3.05) is 18.4 Å². The Labute approximate surface area is 221 Å². The molecule has 5 amide bonds. The van der Waals surface area contributed by atoms with Gasteiger partial charge in [0.1, 0.15) is 12.6 Å². The van der Waals surface area contributed by atoms with Gasteiger partial charge in [0.15, 0.2) is 0 Å². The van der Waals surface area contributed by atoms with Gasteiger partial charge in [-0.1, -0.05) is 60.7 Å². The highest BCUT2D eigenvalue weighted by Gasteiger charge is 2.22. The van der Waals surface area contributed by atoms with Gasteiger partial charge in [-0.05, 0) is 11.1 Å². The molecule has 0 unspecified atom stereocenters. The second-order valence-corrected chi connectivity index (χ2v) is 7.88. The highest BCUT2D eigenvalue weighted by atomic mass is 16.5. The number of benzene rings is 2. The maximum Gasteiger partial charge on any atom is 0.408 e. The standard InChI is InChI=1S/C24H26N8O7/c33-18(25-12-17(21(35)36)28-24(38)39-14-16-9-5-2-6-10-16)13-26-20(34)19-29-22(32-31-19)30-23(37)27-11-15-7-3-1-4-8-15/h1-10,17H,11-14H2,(H,25,33)(H,26,34)(H,28,38)(H,35,36)(H3,27,29,30,31,32,37)/t17-/m0/s1. The third-order valence-corrected chi connectivity index (χ3v) is 4.94. The van der Waals surface area contributed by atoms with E-state index in [9.17, 15) is 29.1 Å². The van der Waals surface area contributed by atoms with Crippen LogP contribution in [0.25, 0.3) is 0 Å². The lowest BCUT2D eigenvalue weighted by Gasteiger charge is -2.15. The topological polar surface area (TPSA) is 217 Å². The molecule has 0 bridgehead atoms. The number of carbonyl (C=O) groups is 5. The number of anilines is 1. The van der Waals surface area contributed by atoms with E-state index in [0.717, 1.165) is 5.56 Å². The van der Waals surface area contributed by atoms with Gasteiger partial charge in [0, 0.05) is 13.1 Å². The van der Waals surface area contributed by atoms with Gasteiger partial charge >= 0.3 is 18.1 Å². The molecule has 7 N–H and O–H groups in total. The zero-order valence-electron chi connectivity index (χ0n) is 20.5. The molecule has 1 heterocycles. The zero-order valence-corrected chi connectivity index (χ0v) is 20.5. The van der Waals surface area contributed by atoms with E-state index in [1.807, 2.05) is 30.3 Å². The lowest BCUT2D eigenvalue weighted by Crippen LogP contribution is -2.50. The maximum absolute atomic E-state index is 12.2. The molecule has 204 valence electrons. The second-order valence-electron chi connectivity index (χ2n) is 7.88. The normalized spacial score (nSPS) is 11.0. The van der Waals surface area contributed by atoms with Gasteiger partial charge in [-0.25, -0.2) is 14.4 Å². The van der Waals surface area contributed by atoms with E-state index in [0.29, 0.717) is 5.56 Å². The summed E-state index contributed by atoms with van der Waals surface area (Å²) in [6.07, 6.45) is -0.975. The van der Waals surface area contributed by atoms with Crippen LogP contribution in [-0.2, 0) is 27.5 Å². The molecule has 3 rings (SSSR count). The van der Waals surface area contributed by atoms with Crippen molar-refractivity contribution in [1.82, 2.24) is 36.4 Å². The predicted molar refractivity (Wildman–Crippen MR) is 135 cm³/mol. The average Bonchev–Trinajstić information content (AvgIpc) is 3.41. The van der Waals surface area contributed by atoms with Gasteiger partial charge in [-0.3, -0.25) is 20.0 Å². The smallest absolute Gasteiger partial charge is 0.408 e. The molecule has 0 radical (unpaired) electrons. The first-order valence-electron chi connectivity index (χ1n) is 11.6. The maximum atomic E-state index is 12.2. The molecular weight excluding hydrogens is 512 g/mol. The molecular formula is C24H26N8O7. The minimum Gasteiger partial charge on any atom is -0.480 e. The molecule has 1 atom stereocenters. The number of alkyl carbamates (subject to hydrolysis) is 1. The average molecular weight is 539 g/mol. The van der Waals surface area contributed by atoms with Crippen molar-refractivity contribution in [3.8, 4) is 0 Å². The first-order chi connectivity index (χ1) is 18.8. The Balaban J connectivity index is 1.36. The van der Waals surface area contributed by atoms with Crippen molar-refractivity contribution in [3.05, 3.63) is 77.6 Å². The van der Waals surface area contributed by atoms with Gasteiger partial charge in [0.25, 0.3) is 11.9 Å².